The highest BCUT2D eigenvalue weighted by atomic mass is 32.2. The average molecular weight is 670 g/mol. The third-order valence-electron chi connectivity index (χ3n) is 7.06. The molecule has 2 N–H and O–H groups in total. The summed E-state index contributed by atoms with van der Waals surface area (Å²) in [6.45, 7) is 12.9. The van der Waals surface area contributed by atoms with Crippen LogP contribution in [0.4, 0.5) is 0 Å². The number of benzene rings is 3. The van der Waals surface area contributed by atoms with E-state index in [1.54, 1.807) is 11.8 Å². The van der Waals surface area contributed by atoms with Gasteiger partial charge in [-0.05, 0) is 103 Å². The molecule has 0 aliphatic carbocycles. The van der Waals surface area contributed by atoms with Crippen LogP contribution in [-0.2, 0) is 17.6 Å². The highest BCUT2D eigenvalue weighted by Gasteiger charge is 2.22. The number of nitrogens with one attached hydrogen (secondary N) is 1. The van der Waals surface area contributed by atoms with Gasteiger partial charge in [0.15, 0.2) is 11.5 Å². The number of aryl methyl sites for hydroxylation is 3. The molecule has 1 aliphatic heterocycles. The maximum atomic E-state index is 13.0. The number of amides is 1. The molecule has 6 nitrogen and oxygen atoms in total. The first kappa shape index (κ1) is 40.9. The highest BCUT2D eigenvalue weighted by molar-refractivity contribution is 7.98. The molecule has 4 rings (SSSR count). The Morgan fingerprint density at radius 1 is 0.848 bits per heavy atom. The number of rotatable bonds is 13. The van der Waals surface area contributed by atoms with Crippen LogP contribution >= 0.6 is 23.5 Å². The molecule has 0 spiro atoms. The molecule has 3 aromatic rings. The van der Waals surface area contributed by atoms with Crippen molar-refractivity contribution in [1.29, 1.82) is 0 Å². The predicted molar refractivity (Wildman–Crippen MR) is 199 cm³/mol. The van der Waals surface area contributed by atoms with Gasteiger partial charge >= 0.3 is 5.97 Å². The van der Waals surface area contributed by atoms with Crippen LogP contribution < -0.4 is 14.8 Å². The summed E-state index contributed by atoms with van der Waals surface area (Å²) in [5, 5.41) is 12.2. The van der Waals surface area contributed by atoms with E-state index in [1.807, 2.05) is 81.3 Å². The Morgan fingerprint density at radius 2 is 1.50 bits per heavy atom. The Hall–Kier alpha value is -3.10. The molecule has 8 heteroatoms. The van der Waals surface area contributed by atoms with Crippen LogP contribution in [0, 0.1) is 6.92 Å². The Morgan fingerprint density at radius 3 is 2.11 bits per heavy atom. The zero-order chi connectivity index (χ0) is 34.3. The number of carboxylic acids is 1. The normalized spacial score (nSPS) is 11.5. The Bertz CT molecular complexity index is 1310. The number of unbranched alkanes of at least 4 members (excludes halogenated alkanes) is 1. The lowest BCUT2D eigenvalue weighted by Gasteiger charge is -2.17. The molecular formula is C38H55NO5S2. The van der Waals surface area contributed by atoms with Gasteiger partial charge in [0.1, 0.15) is 6.04 Å². The van der Waals surface area contributed by atoms with Gasteiger partial charge in [-0.3, -0.25) is 4.79 Å². The minimum Gasteiger partial charge on any atom is -0.480 e. The van der Waals surface area contributed by atoms with Crippen LogP contribution in [0.15, 0.2) is 60.7 Å². The summed E-state index contributed by atoms with van der Waals surface area (Å²) in [5.41, 5.74) is 5.97. The number of carbonyl (C=O) groups is 2. The number of ether oxygens (including phenoxy) is 2. The molecule has 1 heterocycles. The number of aliphatic carboxylic acids is 1. The number of thioether (sulfide) groups is 2. The highest BCUT2D eigenvalue weighted by Crippen LogP contribution is 2.33. The van der Waals surface area contributed by atoms with E-state index in [2.05, 4.69) is 50.5 Å². The van der Waals surface area contributed by atoms with Crippen LogP contribution in [-0.4, -0.2) is 53.8 Å². The van der Waals surface area contributed by atoms with Crippen molar-refractivity contribution in [2.75, 3.05) is 30.8 Å². The molecule has 0 radical (unpaired) electrons. The fourth-order valence-corrected chi connectivity index (χ4v) is 5.01. The van der Waals surface area contributed by atoms with Crippen LogP contribution in [0.5, 0.6) is 11.5 Å². The van der Waals surface area contributed by atoms with E-state index >= 15 is 0 Å². The molecule has 0 aromatic heterocycles. The number of carboxylic acid groups (broad SMARTS) is 1. The van der Waals surface area contributed by atoms with E-state index in [9.17, 15) is 14.7 Å². The number of hydrogen-bond acceptors (Lipinski definition) is 6. The van der Waals surface area contributed by atoms with Crippen LogP contribution in [0.1, 0.15) is 87.4 Å². The van der Waals surface area contributed by atoms with Crippen LogP contribution in [0.3, 0.4) is 0 Å². The quantitative estimate of drug-likeness (QED) is 0.187. The van der Waals surface area contributed by atoms with E-state index in [0.717, 1.165) is 53.9 Å². The third kappa shape index (κ3) is 14.1. The molecule has 1 atom stereocenters. The Labute approximate surface area is 286 Å². The number of hydrogen-bond donors (Lipinski definition) is 2. The van der Waals surface area contributed by atoms with Crippen molar-refractivity contribution in [3.8, 4) is 22.6 Å². The number of fused-ring (bicyclic) bond motifs is 1. The maximum Gasteiger partial charge on any atom is 0.326 e. The first-order valence-electron chi connectivity index (χ1n) is 16.4. The van der Waals surface area contributed by atoms with E-state index in [4.69, 9.17) is 9.47 Å². The Kier molecular flexibility index (Phi) is 21.5. The molecule has 3 aromatic carbocycles. The zero-order valence-electron chi connectivity index (χ0n) is 29.1. The smallest absolute Gasteiger partial charge is 0.326 e. The lowest BCUT2D eigenvalue weighted by atomic mass is 9.92. The average Bonchev–Trinajstić information content (AvgIpc) is 3.55. The first-order valence-corrected chi connectivity index (χ1v) is 19.2. The van der Waals surface area contributed by atoms with Crippen molar-refractivity contribution in [2.24, 2.45) is 0 Å². The fraction of sp³-hybridized carbons (Fsp3) is 0.474. The summed E-state index contributed by atoms with van der Waals surface area (Å²) >= 11 is 3.42. The van der Waals surface area contributed by atoms with Gasteiger partial charge in [0.05, 0.1) is 0 Å². The summed E-state index contributed by atoms with van der Waals surface area (Å²) in [7, 11) is 0. The molecule has 0 fully saturated rings. The van der Waals surface area contributed by atoms with Crippen molar-refractivity contribution < 1.29 is 24.2 Å². The molecule has 0 saturated carbocycles. The second kappa shape index (κ2) is 24.1. The van der Waals surface area contributed by atoms with Gasteiger partial charge in [-0.2, -0.15) is 23.5 Å². The molecule has 0 saturated heterocycles. The maximum absolute atomic E-state index is 13.0. The Balaban J connectivity index is 0.000000480. The molecule has 46 heavy (non-hydrogen) atoms. The van der Waals surface area contributed by atoms with Gasteiger partial charge in [0.25, 0.3) is 5.91 Å². The van der Waals surface area contributed by atoms with Crippen LogP contribution in [0.2, 0.25) is 0 Å². The van der Waals surface area contributed by atoms with Crippen molar-refractivity contribution in [2.45, 2.75) is 86.1 Å². The lowest BCUT2D eigenvalue weighted by molar-refractivity contribution is -0.139. The second-order valence-corrected chi connectivity index (χ2v) is 12.6. The summed E-state index contributed by atoms with van der Waals surface area (Å²) in [6, 6.07) is 19.1. The van der Waals surface area contributed by atoms with Gasteiger partial charge in [0.2, 0.25) is 6.79 Å². The number of carbonyl (C=O) groups excluding carboxylic acids is 1. The minimum atomic E-state index is -1.00. The molecule has 1 unspecified atom stereocenters. The SMILES string of the molecule is CC.CCCCc1ccc(C(=O)NC(CCSC)C(=O)O)c(-c2ccccc2C)c1.CCCc1ccc2c(c1)OCO2.CCSC. The van der Waals surface area contributed by atoms with Crippen molar-refractivity contribution in [1.82, 2.24) is 5.32 Å². The van der Waals surface area contributed by atoms with Gasteiger partial charge < -0.3 is 19.9 Å². The first-order chi connectivity index (χ1) is 22.3. The van der Waals surface area contributed by atoms with Gasteiger partial charge in [0, 0.05) is 5.56 Å². The van der Waals surface area contributed by atoms with E-state index in [1.165, 1.54) is 23.3 Å². The molecule has 1 amide bonds. The zero-order valence-corrected chi connectivity index (χ0v) is 30.7. The molecule has 1 aliphatic rings. The van der Waals surface area contributed by atoms with Crippen molar-refractivity contribution in [3.05, 3.63) is 82.9 Å². The van der Waals surface area contributed by atoms with E-state index in [-0.39, 0.29) is 5.91 Å². The van der Waals surface area contributed by atoms with Gasteiger partial charge in [-0.1, -0.05) is 89.9 Å². The monoisotopic (exact) mass is 669 g/mol. The standard InChI is InChI=1S/C23H29NO3S.C10H12O2.C3H8S.C2H6/c1-4-5-9-17-11-12-19(20(15-17)18-10-7-6-8-16(18)2)22(25)24-21(23(26)27)13-14-28-3;1-2-3-8-4-5-9-10(6-8)12-7-11-9;1-3-4-2;1-2/h6-8,10-12,15,21H,4-5,9,13-14H2,1-3H3,(H,24,25)(H,26,27);4-6H,2-3,7H2,1H3;3H2,1-2H3;1-2H3. The largest absolute Gasteiger partial charge is 0.480 e. The third-order valence-corrected chi connectivity index (χ3v) is 8.28. The summed E-state index contributed by atoms with van der Waals surface area (Å²) in [4.78, 5) is 24.5. The predicted octanol–water partition coefficient (Wildman–Crippen LogP) is 9.70. The lowest BCUT2D eigenvalue weighted by Crippen LogP contribution is -2.41. The topological polar surface area (TPSA) is 84.9 Å². The minimum absolute atomic E-state index is 0.339. The van der Waals surface area contributed by atoms with Crippen LogP contribution in [0.25, 0.3) is 11.1 Å². The van der Waals surface area contributed by atoms with E-state index in [0.29, 0.717) is 24.5 Å². The molecule has 0 bridgehead atoms. The second-order valence-electron chi connectivity index (χ2n) is 10.5. The summed E-state index contributed by atoms with van der Waals surface area (Å²) in [5.74, 6) is 2.33. The molecular weight excluding hydrogens is 615 g/mol. The van der Waals surface area contributed by atoms with Gasteiger partial charge in [-0.25, -0.2) is 4.79 Å². The summed E-state index contributed by atoms with van der Waals surface area (Å²) in [6.07, 6.45) is 9.85. The fourth-order valence-electron chi connectivity index (χ4n) is 4.54. The van der Waals surface area contributed by atoms with Gasteiger partial charge in [-0.15, -0.1) is 0 Å². The van der Waals surface area contributed by atoms with E-state index < -0.39 is 12.0 Å². The van der Waals surface area contributed by atoms with Crippen molar-refractivity contribution in [3.63, 3.8) is 0 Å². The molecule has 254 valence electrons. The summed E-state index contributed by atoms with van der Waals surface area (Å²) < 4.78 is 10.5. The van der Waals surface area contributed by atoms with Crippen molar-refractivity contribution >= 4 is 35.4 Å².